The van der Waals surface area contributed by atoms with Gasteiger partial charge in [-0.3, -0.25) is 0 Å². The third-order valence-electron chi connectivity index (χ3n) is 4.80. The standard InChI is InChI=1S/C18H30BrNS/c1-17(2,3)20-13-12-18(9-5-4-6-10-18)11-7-16-15(19)8-14-21-16/h8,14,20H,4-7,9-13H2,1-3H3. The monoisotopic (exact) mass is 371 g/mol. The van der Waals surface area contributed by atoms with Gasteiger partial charge in [0, 0.05) is 14.9 Å². The molecule has 0 amide bonds. The minimum Gasteiger partial charge on any atom is -0.312 e. The molecule has 1 aromatic heterocycles. The van der Waals surface area contributed by atoms with Gasteiger partial charge in [0.25, 0.3) is 0 Å². The van der Waals surface area contributed by atoms with Gasteiger partial charge in [0.1, 0.15) is 0 Å². The molecule has 1 aliphatic rings. The van der Waals surface area contributed by atoms with Crippen molar-refractivity contribution in [3.05, 3.63) is 20.8 Å². The highest BCUT2D eigenvalue weighted by Crippen LogP contribution is 2.43. The van der Waals surface area contributed by atoms with E-state index in [0.29, 0.717) is 5.41 Å². The summed E-state index contributed by atoms with van der Waals surface area (Å²) >= 11 is 5.59. The molecule has 0 bridgehead atoms. The van der Waals surface area contributed by atoms with Gasteiger partial charge in [-0.05, 0) is 92.2 Å². The lowest BCUT2D eigenvalue weighted by Gasteiger charge is -2.38. The maximum Gasteiger partial charge on any atom is 0.0314 e. The first kappa shape index (κ1) is 17.5. The van der Waals surface area contributed by atoms with Crippen LogP contribution in [0.5, 0.6) is 0 Å². The van der Waals surface area contributed by atoms with Crippen LogP contribution in [0.25, 0.3) is 0 Å². The highest BCUT2D eigenvalue weighted by Gasteiger charge is 2.31. The predicted octanol–water partition coefficient (Wildman–Crippen LogP) is 6.17. The van der Waals surface area contributed by atoms with Crippen LogP contribution in [-0.4, -0.2) is 12.1 Å². The Balaban J connectivity index is 1.91. The Hall–Kier alpha value is 0.140. The maximum absolute atomic E-state index is 3.69. The van der Waals surface area contributed by atoms with Crippen molar-refractivity contribution in [2.75, 3.05) is 6.54 Å². The van der Waals surface area contributed by atoms with Crippen LogP contribution in [0.1, 0.15) is 70.6 Å². The van der Waals surface area contributed by atoms with Gasteiger partial charge < -0.3 is 5.32 Å². The quantitative estimate of drug-likeness (QED) is 0.629. The van der Waals surface area contributed by atoms with Crippen molar-refractivity contribution < 1.29 is 0 Å². The van der Waals surface area contributed by atoms with E-state index in [1.807, 2.05) is 11.3 Å². The molecule has 3 heteroatoms. The molecule has 1 N–H and O–H groups in total. The number of hydrogen-bond donors (Lipinski definition) is 1. The molecule has 1 saturated carbocycles. The van der Waals surface area contributed by atoms with Crippen LogP contribution in [-0.2, 0) is 6.42 Å². The molecular formula is C18H30BrNS. The van der Waals surface area contributed by atoms with Gasteiger partial charge in [-0.15, -0.1) is 11.3 Å². The summed E-state index contributed by atoms with van der Waals surface area (Å²) in [6.07, 6.45) is 11.1. The molecule has 2 rings (SSSR count). The first-order valence-electron chi connectivity index (χ1n) is 8.37. The number of rotatable bonds is 6. The number of thiophene rings is 1. The van der Waals surface area contributed by atoms with Gasteiger partial charge in [0.15, 0.2) is 0 Å². The molecular weight excluding hydrogens is 342 g/mol. The third-order valence-corrected chi connectivity index (χ3v) is 6.78. The lowest BCUT2D eigenvalue weighted by atomic mass is 9.69. The first-order valence-corrected chi connectivity index (χ1v) is 10.0. The molecule has 0 saturated heterocycles. The fourth-order valence-electron chi connectivity index (χ4n) is 3.51. The maximum atomic E-state index is 3.69. The normalized spacial score (nSPS) is 18.9. The minimum absolute atomic E-state index is 0.243. The Kier molecular flexibility index (Phi) is 6.34. The van der Waals surface area contributed by atoms with Crippen molar-refractivity contribution in [3.8, 4) is 0 Å². The van der Waals surface area contributed by atoms with Gasteiger partial charge in [-0.1, -0.05) is 19.3 Å². The molecule has 1 heterocycles. The zero-order chi connectivity index (χ0) is 15.3. The van der Waals surface area contributed by atoms with Crippen LogP contribution in [0.4, 0.5) is 0 Å². The topological polar surface area (TPSA) is 12.0 Å². The number of halogens is 1. The van der Waals surface area contributed by atoms with Crippen LogP contribution < -0.4 is 5.32 Å². The van der Waals surface area contributed by atoms with Crippen LogP contribution in [0.3, 0.4) is 0 Å². The Morgan fingerprint density at radius 2 is 1.90 bits per heavy atom. The van der Waals surface area contributed by atoms with Crippen molar-refractivity contribution in [2.45, 2.75) is 77.7 Å². The summed E-state index contributed by atoms with van der Waals surface area (Å²) < 4.78 is 1.31. The number of nitrogens with one attached hydrogen (secondary N) is 1. The summed E-state index contributed by atoms with van der Waals surface area (Å²) in [5.74, 6) is 0. The van der Waals surface area contributed by atoms with Crippen molar-refractivity contribution in [1.82, 2.24) is 5.32 Å². The largest absolute Gasteiger partial charge is 0.312 e. The predicted molar refractivity (Wildman–Crippen MR) is 98.2 cm³/mol. The van der Waals surface area contributed by atoms with Gasteiger partial charge in [-0.2, -0.15) is 0 Å². The van der Waals surface area contributed by atoms with Crippen LogP contribution in [0.2, 0.25) is 0 Å². The summed E-state index contributed by atoms with van der Waals surface area (Å²) in [6, 6.07) is 2.19. The van der Waals surface area contributed by atoms with E-state index in [2.05, 4.69) is 53.5 Å². The van der Waals surface area contributed by atoms with E-state index < -0.39 is 0 Å². The summed E-state index contributed by atoms with van der Waals surface area (Å²) in [6.45, 7) is 7.96. The zero-order valence-corrected chi connectivity index (χ0v) is 16.2. The molecule has 0 atom stereocenters. The lowest BCUT2D eigenvalue weighted by Crippen LogP contribution is -2.39. The van der Waals surface area contributed by atoms with Gasteiger partial charge in [0.2, 0.25) is 0 Å². The molecule has 21 heavy (non-hydrogen) atoms. The van der Waals surface area contributed by atoms with Crippen molar-refractivity contribution >= 4 is 27.3 Å². The Morgan fingerprint density at radius 3 is 2.48 bits per heavy atom. The molecule has 0 radical (unpaired) electrons. The van der Waals surface area contributed by atoms with E-state index >= 15 is 0 Å². The van der Waals surface area contributed by atoms with Crippen molar-refractivity contribution in [1.29, 1.82) is 0 Å². The smallest absolute Gasteiger partial charge is 0.0314 e. The van der Waals surface area contributed by atoms with Gasteiger partial charge in [0.05, 0.1) is 0 Å². The zero-order valence-electron chi connectivity index (χ0n) is 13.8. The fourth-order valence-corrected chi connectivity index (χ4v) is 5.07. The van der Waals surface area contributed by atoms with E-state index in [4.69, 9.17) is 0 Å². The second-order valence-corrected chi connectivity index (χ2v) is 9.53. The van der Waals surface area contributed by atoms with Crippen LogP contribution >= 0.6 is 27.3 Å². The van der Waals surface area contributed by atoms with Crippen LogP contribution in [0, 0.1) is 5.41 Å². The second-order valence-electron chi connectivity index (χ2n) is 7.68. The molecule has 0 unspecified atom stereocenters. The Morgan fingerprint density at radius 1 is 1.19 bits per heavy atom. The second kappa shape index (κ2) is 7.61. The van der Waals surface area contributed by atoms with Crippen molar-refractivity contribution in [2.24, 2.45) is 5.41 Å². The summed E-state index contributed by atoms with van der Waals surface area (Å²) in [7, 11) is 0. The highest BCUT2D eigenvalue weighted by atomic mass is 79.9. The Labute approximate surface area is 143 Å². The van der Waals surface area contributed by atoms with Crippen LogP contribution in [0.15, 0.2) is 15.9 Å². The highest BCUT2D eigenvalue weighted by molar-refractivity contribution is 9.10. The minimum atomic E-state index is 0.243. The molecule has 1 aliphatic carbocycles. The third kappa shape index (κ3) is 5.69. The molecule has 0 aliphatic heterocycles. The number of aryl methyl sites for hydroxylation is 1. The van der Waals surface area contributed by atoms with Crippen molar-refractivity contribution in [3.63, 3.8) is 0 Å². The summed E-state index contributed by atoms with van der Waals surface area (Å²) in [5.41, 5.74) is 0.826. The molecule has 1 aromatic rings. The lowest BCUT2D eigenvalue weighted by molar-refractivity contribution is 0.152. The van der Waals surface area contributed by atoms with E-state index in [-0.39, 0.29) is 5.54 Å². The Bertz CT molecular complexity index is 427. The average Bonchev–Trinajstić information content (AvgIpc) is 2.82. The van der Waals surface area contributed by atoms with Gasteiger partial charge >= 0.3 is 0 Å². The van der Waals surface area contributed by atoms with E-state index in [1.165, 1.54) is 60.7 Å². The molecule has 120 valence electrons. The van der Waals surface area contributed by atoms with Gasteiger partial charge in [-0.25, -0.2) is 0 Å². The van der Waals surface area contributed by atoms with E-state index in [9.17, 15) is 0 Å². The van der Waals surface area contributed by atoms with E-state index in [1.54, 1.807) is 0 Å². The molecule has 0 spiro atoms. The molecule has 0 aromatic carbocycles. The number of hydrogen-bond acceptors (Lipinski definition) is 2. The average molecular weight is 372 g/mol. The summed E-state index contributed by atoms with van der Waals surface area (Å²) in [5, 5.41) is 5.89. The summed E-state index contributed by atoms with van der Waals surface area (Å²) in [4.78, 5) is 1.53. The SMILES string of the molecule is CC(C)(C)NCCC1(CCc2sccc2Br)CCCCC1. The molecule has 1 fully saturated rings. The first-order chi connectivity index (χ1) is 9.90. The fraction of sp³-hybridized carbons (Fsp3) is 0.778. The molecule has 1 nitrogen and oxygen atoms in total. The van der Waals surface area contributed by atoms with E-state index in [0.717, 1.165) is 6.54 Å².